The average molecular weight is 526 g/mol. The first-order valence-electron chi connectivity index (χ1n) is 12.8. The number of fused-ring (bicyclic) bond motifs is 1. The summed E-state index contributed by atoms with van der Waals surface area (Å²) in [5.74, 6) is 2.12. The number of carbonyl (C=O) groups is 2. The average Bonchev–Trinajstić information content (AvgIpc) is 2.85. The number of nitrogens with one attached hydrogen (secondary N) is 2. The van der Waals surface area contributed by atoms with Crippen LogP contribution in [0.4, 0.5) is 5.69 Å². The maximum absolute atomic E-state index is 12.8. The van der Waals surface area contributed by atoms with E-state index in [2.05, 4.69) is 43.2 Å². The summed E-state index contributed by atoms with van der Waals surface area (Å²) in [5, 5.41) is 5.95. The Labute approximate surface area is 225 Å². The van der Waals surface area contributed by atoms with Crippen LogP contribution in [0.3, 0.4) is 0 Å². The summed E-state index contributed by atoms with van der Waals surface area (Å²) >= 11 is 1.38. The molecule has 2 aromatic carbocycles. The molecule has 1 heterocycles. The molecule has 7 nitrogen and oxygen atoms in total. The number of methoxy groups -OCH3 is 2. The van der Waals surface area contributed by atoms with Crippen molar-refractivity contribution < 1.29 is 19.1 Å². The highest BCUT2D eigenvalue weighted by Crippen LogP contribution is 2.40. The third kappa shape index (κ3) is 8.27. The lowest BCUT2D eigenvalue weighted by molar-refractivity contribution is -0.112. The van der Waals surface area contributed by atoms with E-state index in [1.807, 2.05) is 30.3 Å². The zero-order valence-corrected chi connectivity index (χ0v) is 23.5. The van der Waals surface area contributed by atoms with Gasteiger partial charge in [0.25, 0.3) is 11.8 Å². The summed E-state index contributed by atoms with van der Waals surface area (Å²) < 4.78 is 10.6. The van der Waals surface area contributed by atoms with E-state index in [1.165, 1.54) is 11.8 Å². The van der Waals surface area contributed by atoms with Crippen LogP contribution in [0.25, 0.3) is 6.08 Å². The molecule has 1 aliphatic rings. The third-order valence-corrected chi connectivity index (χ3v) is 6.92. The van der Waals surface area contributed by atoms with Crippen LogP contribution in [-0.4, -0.2) is 57.1 Å². The lowest BCUT2D eigenvalue weighted by Crippen LogP contribution is -2.34. The molecule has 3 rings (SSSR count). The van der Waals surface area contributed by atoms with Gasteiger partial charge in [0.1, 0.15) is 0 Å². The molecule has 2 amide bonds. The fourth-order valence-corrected chi connectivity index (χ4v) is 5.22. The number of ether oxygens (including phenoxy) is 2. The predicted molar refractivity (Wildman–Crippen MR) is 152 cm³/mol. The Morgan fingerprint density at radius 1 is 1.03 bits per heavy atom. The van der Waals surface area contributed by atoms with Crippen LogP contribution in [0.5, 0.6) is 11.5 Å². The van der Waals surface area contributed by atoms with Crippen molar-refractivity contribution in [3.05, 3.63) is 52.4 Å². The van der Waals surface area contributed by atoms with Crippen molar-refractivity contribution in [1.82, 2.24) is 10.2 Å². The molecular weight excluding hydrogens is 486 g/mol. The molecule has 0 bridgehead atoms. The van der Waals surface area contributed by atoms with Crippen LogP contribution in [0.2, 0.25) is 0 Å². The van der Waals surface area contributed by atoms with Crippen LogP contribution >= 0.6 is 11.8 Å². The number of amides is 2. The molecule has 1 aliphatic heterocycles. The highest BCUT2D eigenvalue weighted by Gasteiger charge is 2.22. The van der Waals surface area contributed by atoms with Crippen molar-refractivity contribution in [1.29, 1.82) is 0 Å². The molecule has 0 saturated carbocycles. The van der Waals surface area contributed by atoms with Gasteiger partial charge < -0.3 is 25.0 Å². The van der Waals surface area contributed by atoms with Gasteiger partial charge in [0.2, 0.25) is 0 Å². The molecule has 200 valence electrons. The molecule has 0 unspecified atom stereocenters. The summed E-state index contributed by atoms with van der Waals surface area (Å²) in [6.45, 7) is 12.6. The molecule has 37 heavy (non-hydrogen) atoms. The Morgan fingerprint density at radius 3 is 2.38 bits per heavy atom. The maximum Gasteiger partial charge on any atom is 0.262 e. The SMILES string of the molecule is COc1ccc(C=C2Sc3ccc(C(=O)NCCCN(CC(C)C)CC(C)C)cc3NC2=O)cc1OC. The van der Waals surface area contributed by atoms with Gasteiger partial charge in [0, 0.05) is 30.1 Å². The molecule has 0 atom stereocenters. The van der Waals surface area contributed by atoms with Crippen LogP contribution in [0.1, 0.15) is 50.0 Å². The van der Waals surface area contributed by atoms with Gasteiger partial charge in [0.15, 0.2) is 11.5 Å². The molecule has 0 radical (unpaired) electrons. The summed E-state index contributed by atoms with van der Waals surface area (Å²) in [6, 6.07) is 10.9. The number of hydrogen-bond acceptors (Lipinski definition) is 6. The van der Waals surface area contributed by atoms with E-state index in [9.17, 15) is 9.59 Å². The first-order chi connectivity index (χ1) is 17.7. The second-order valence-electron chi connectivity index (χ2n) is 10.0. The van der Waals surface area contributed by atoms with Crippen molar-refractivity contribution in [2.45, 2.75) is 39.0 Å². The largest absolute Gasteiger partial charge is 0.493 e. The van der Waals surface area contributed by atoms with Gasteiger partial charge in [-0.05, 0) is 66.8 Å². The molecular formula is C29H39N3O4S. The molecule has 2 aromatic rings. The van der Waals surface area contributed by atoms with E-state index >= 15 is 0 Å². The van der Waals surface area contributed by atoms with Crippen LogP contribution < -0.4 is 20.1 Å². The normalized spacial score (nSPS) is 14.2. The Balaban J connectivity index is 1.60. The summed E-state index contributed by atoms with van der Waals surface area (Å²) in [7, 11) is 3.16. The number of hydrogen-bond donors (Lipinski definition) is 2. The van der Waals surface area contributed by atoms with E-state index in [1.54, 1.807) is 26.4 Å². The molecule has 2 N–H and O–H groups in total. The molecule has 0 aliphatic carbocycles. The zero-order valence-electron chi connectivity index (χ0n) is 22.7. The van der Waals surface area contributed by atoms with Gasteiger partial charge in [-0.2, -0.15) is 0 Å². The van der Waals surface area contributed by atoms with Crippen molar-refractivity contribution in [3.63, 3.8) is 0 Å². The highest BCUT2D eigenvalue weighted by atomic mass is 32.2. The summed E-state index contributed by atoms with van der Waals surface area (Å²) in [6.07, 6.45) is 2.71. The Bertz CT molecular complexity index is 1120. The molecule has 0 spiro atoms. The smallest absolute Gasteiger partial charge is 0.262 e. The summed E-state index contributed by atoms with van der Waals surface area (Å²) in [5.41, 5.74) is 2.01. The zero-order chi connectivity index (χ0) is 26.9. The number of rotatable bonds is 12. The monoisotopic (exact) mass is 525 g/mol. The van der Waals surface area contributed by atoms with Crippen molar-refractivity contribution >= 4 is 35.3 Å². The van der Waals surface area contributed by atoms with E-state index in [-0.39, 0.29) is 11.8 Å². The fraction of sp³-hybridized carbons (Fsp3) is 0.448. The van der Waals surface area contributed by atoms with Crippen LogP contribution in [0, 0.1) is 11.8 Å². The standard InChI is InChI=1S/C29H39N3O4S/c1-19(2)17-32(18-20(3)4)13-7-12-30-28(33)22-9-11-26-23(16-22)31-29(34)27(37-26)15-21-8-10-24(35-5)25(14-21)36-6/h8-11,14-16,19-20H,7,12-13,17-18H2,1-6H3,(H,30,33)(H,31,34). The second kappa shape index (κ2) is 13.5. The number of anilines is 1. The van der Waals surface area contributed by atoms with Crippen molar-refractivity contribution in [3.8, 4) is 11.5 Å². The van der Waals surface area contributed by atoms with Crippen LogP contribution in [0.15, 0.2) is 46.2 Å². The highest BCUT2D eigenvalue weighted by molar-refractivity contribution is 8.04. The van der Waals surface area contributed by atoms with Gasteiger partial charge in [0.05, 0.1) is 24.8 Å². The molecule has 0 fully saturated rings. The number of thioether (sulfide) groups is 1. The molecule has 0 saturated heterocycles. The van der Waals surface area contributed by atoms with E-state index in [0.717, 1.165) is 36.5 Å². The second-order valence-corrected chi connectivity index (χ2v) is 11.1. The minimum atomic E-state index is -0.208. The Morgan fingerprint density at radius 2 is 1.73 bits per heavy atom. The minimum absolute atomic E-state index is 0.131. The first kappa shape index (κ1) is 28.6. The van der Waals surface area contributed by atoms with Gasteiger partial charge in [-0.15, -0.1) is 0 Å². The Kier molecular flexibility index (Phi) is 10.5. The van der Waals surface area contributed by atoms with Gasteiger partial charge in [-0.25, -0.2) is 0 Å². The fourth-order valence-electron chi connectivity index (χ4n) is 4.29. The molecule has 0 aromatic heterocycles. The third-order valence-electron chi connectivity index (χ3n) is 5.82. The van der Waals surface area contributed by atoms with Crippen molar-refractivity contribution in [2.24, 2.45) is 11.8 Å². The first-order valence-corrected chi connectivity index (χ1v) is 13.6. The lowest BCUT2D eigenvalue weighted by atomic mass is 10.1. The van der Waals surface area contributed by atoms with E-state index in [4.69, 9.17) is 9.47 Å². The lowest BCUT2D eigenvalue weighted by Gasteiger charge is -2.26. The van der Waals surface area contributed by atoms with Gasteiger partial charge >= 0.3 is 0 Å². The Hall–Kier alpha value is -2.97. The van der Waals surface area contributed by atoms with Gasteiger partial charge in [-0.1, -0.05) is 45.5 Å². The number of nitrogens with zero attached hydrogens (tertiary/aromatic N) is 1. The molecule has 8 heteroatoms. The quantitative estimate of drug-likeness (QED) is 0.280. The van der Waals surface area contributed by atoms with Gasteiger partial charge in [-0.3, -0.25) is 9.59 Å². The predicted octanol–water partition coefficient (Wildman–Crippen LogP) is 5.52. The maximum atomic E-state index is 12.8. The van der Waals surface area contributed by atoms with Crippen LogP contribution in [-0.2, 0) is 4.79 Å². The van der Waals surface area contributed by atoms with E-state index in [0.29, 0.717) is 46.0 Å². The van der Waals surface area contributed by atoms with Crippen molar-refractivity contribution in [2.75, 3.05) is 45.7 Å². The minimum Gasteiger partial charge on any atom is -0.493 e. The number of benzene rings is 2. The summed E-state index contributed by atoms with van der Waals surface area (Å²) in [4.78, 5) is 29.5. The topological polar surface area (TPSA) is 79.9 Å². The van der Waals surface area contributed by atoms with E-state index < -0.39 is 0 Å². The number of carbonyl (C=O) groups excluding carboxylic acids is 2.